The highest BCUT2D eigenvalue weighted by Crippen LogP contribution is 2.25. The molecule has 0 aliphatic rings. The van der Waals surface area contributed by atoms with Crippen molar-refractivity contribution in [3.63, 3.8) is 0 Å². The number of nitrogens with one attached hydrogen (secondary N) is 1. The molecule has 2 unspecified atom stereocenters. The van der Waals surface area contributed by atoms with Gasteiger partial charge in [-0.2, -0.15) is 0 Å². The Morgan fingerprint density at radius 1 is 1.26 bits per heavy atom. The quantitative estimate of drug-likeness (QED) is 0.882. The number of hydrogen-bond donors (Lipinski definition) is 2. The Balaban J connectivity index is 1.93. The molecule has 5 nitrogen and oxygen atoms in total. The van der Waals surface area contributed by atoms with Gasteiger partial charge in [0.1, 0.15) is 10.0 Å². The predicted molar refractivity (Wildman–Crippen MR) is 93.0 cm³/mol. The monoisotopic (exact) mass is 332 g/mol. The second-order valence-electron chi connectivity index (χ2n) is 6.69. The van der Waals surface area contributed by atoms with Crippen molar-refractivity contribution in [1.29, 1.82) is 0 Å². The molecule has 0 aliphatic heterocycles. The second kappa shape index (κ2) is 7.19. The average Bonchev–Trinajstić information content (AvgIpc) is 3.01. The number of amides is 1. The van der Waals surface area contributed by atoms with E-state index in [0.717, 1.165) is 15.6 Å². The summed E-state index contributed by atoms with van der Waals surface area (Å²) in [4.78, 5) is 12.3. The van der Waals surface area contributed by atoms with Crippen LogP contribution in [-0.2, 0) is 16.8 Å². The van der Waals surface area contributed by atoms with E-state index in [1.54, 1.807) is 0 Å². The van der Waals surface area contributed by atoms with Gasteiger partial charge < -0.3 is 11.1 Å². The van der Waals surface area contributed by atoms with Crippen molar-refractivity contribution in [2.24, 2.45) is 11.7 Å². The molecule has 1 aromatic heterocycles. The molecule has 0 spiro atoms. The molecule has 0 fully saturated rings. The van der Waals surface area contributed by atoms with E-state index in [0.29, 0.717) is 6.54 Å². The van der Waals surface area contributed by atoms with Crippen LogP contribution >= 0.6 is 11.3 Å². The lowest BCUT2D eigenvalue weighted by Gasteiger charge is -2.19. The van der Waals surface area contributed by atoms with Gasteiger partial charge in [0.05, 0.1) is 12.5 Å². The van der Waals surface area contributed by atoms with Gasteiger partial charge in [0.15, 0.2) is 0 Å². The minimum Gasteiger partial charge on any atom is -0.349 e. The summed E-state index contributed by atoms with van der Waals surface area (Å²) in [5.74, 6) is -0.388. The summed E-state index contributed by atoms with van der Waals surface area (Å²) in [7, 11) is 0. The van der Waals surface area contributed by atoms with Gasteiger partial charge in [0.2, 0.25) is 5.91 Å². The van der Waals surface area contributed by atoms with Crippen LogP contribution in [0, 0.1) is 5.92 Å². The third-order valence-electron chi connectivity index (χ3n) is 3.66. The molecule has 6 heteroatoms. The molecule has 3 N–H and O–H groups in total. The molecule has 0 saturated heterocycles. The lowest BCUT2D eigenvalue weighted by molar-refractivity contribution is -0.125. The van der Waals surface area contributed by atoms with Crippen LogP contribution < -0.4 is 11.1 Å². The van der Waals surface area contributed by atoms with Crippen LogP contribution in [0.3, 0.4) is 0 Å². The van der Waals surface area contributed by atoms with Gasteiger partial charge in [0.25, 0.3) is 0 Å². The maximum atomic E-state index is 12.3. The zero-order valence-electron chi connectivity index (χ0n) is 14.0. The van der Waals surface area contributed by atoms with Crippen LogP contribution in [0.25, 0.3) is 0 Å². The first-order valence-corrected chi connectivity index (χ1v) is 8.52. The van der Waals surface area contributed by atoms with E-state index in [-0.39, 0.29) is 23.3 Å². The minimum absolute atomic E-state index is 0.0249. The molecule has 0 aliphatic carbocycles. The Labute approximate surface area is 141 Å². The van der Waals surface area contributed by atoms with Gasteiger partial charge in [-0.25, -0.2) is 0 Å². The first-order chi connectivity index (χ1) is 10.8. The van der Waals surface area contributed by atoms with Crippen LogP contribution in [0.4, 0.5) is 0 Å². The predicted octanol–water partition coefficient (Wildman–Crippen LogP) is 2.79. The van der Waals surface area contributed by atoms with E-state index in [9.17, 15) is 4.79 Å². The average molecular weight is 332 g/mol. The molecular weight excluding hydrogens is 308 g/mol. The van der Waals surface area contributed by atoms with E-state index >= 15 is 0 Å². The lowest BCUT2D eigenvalue weighted by Crippen LogP contribution is -2.35. The smallest absolute Gasteiger partial charge is 0.225 e. The molecule has 1 heterocycles. The maximum Gasteiger partial charge on any atom is 0.225 e. The summed E-state index contributed by atoms with van der Waals surface area (Å²) in [5.41, 5.74) is 7.12. The number of nitrogens with zero attached hydrogens (tertiary/aromatic N) is 2. The number of rotatable bonds is 5. The van der Waals surface area contributed by atoms with Crippen LogP contribution in [0.1, 0.15) is 49.3 Å². The summed E-state index contributed by atoms with van der Waals surface area (Å²) >= 11 is 1.53. The number of carbonyl (C=O) groups is 1. The molecule has 2 aromatic rings. The van der Waals surface area contributed by atoms with Crippen molar-refractivity contribution in [1.82, 2.24) is 15.5 Å². The molecule has 23 heavy (non-hydrogen) atoms. The molecule has 2 atom stereocenters. The Kier molecular flexibility index (Phi) is 5.49. The Hall–Kier alpha value is -1.79. The van der Waals surface area contributed by atoms with Crippen LogP contribution in [0.15, 0.2) is 30.3 Å². The zero-order chi connectivity index (χ0) is 17.0. The minimum atomic E-state index is -0.323. The van der Waals surface area contributed by atoms with Crippen molar-refractivity contribution in [2.45, 2.75) is 45.7 Å². The summed E-state index contributed by atoms with van der Waals surface area (Å²) in [6.45, 7) is 8.51. The largest absolute Gasteiger partial charge is 0.349 e. The summed E-state index contributed by atoms with van der Waals surface area (Å²) in [6.07, 6.45) is 0. The molecule has 0 radical (unpaired) electrons. The molecule has 0 bridgehead atoms. The fraction of sp³-hybridized carbons (Fsp3) is 0.471. The van der Waals surface area contributed by atoms with E-state index in [1.165, 1.54) is 11.3 Å². The second-order valence-corrected chi connectivity index (χ2v) is 7.76. The topological polar surface area (TPSA) is 80.9 Å². The fourth-order valence-corrected chi connectivity index (χ4v) is 2.92. The SMILES string of the molecule is CC(C(=O)NCc1nnc(C(C)(C)C)s1)C(N)c1ccccc1. The van der Waals surface area contributed by atoms with E-state index < -0.39 is 0 Å². The van der Waals surface area contributed by atoms with Crippen molar-refractivity contribution >= 4 is 17.2 Å². The molecule has 1 aromatic carbocycles. The van der Waals surface area contributed by atoms with Crippen molar-refractivity contribution < 1.29 is 4.79 Å². The Bertz CT molecular complexity index is 648. The summed E-state index contributed by atoms with van der Waals surface area (Å²) in [5, 5.41) is 13.0. The first kappa shape index (κ1) is 17.6. The summed E-state index contributed by atoms with van der Waals surface area (Å²) < 4.78 is 0. The Morgan fingerprint density at radius 3 is 2.48 bits per heavy atom. The normalized spacial score (nSPS) is 14.3. The third kappa shape index (κ3) is 4.59. The van der Waals surface area contributed by atoms with Gasteiger partial charge in [-0.15, -0.1) is 10.2 Å². The fourth-order valence-electron chi connectivity index (χ4n) is 2.08. The first-order valence-electron chi connectivity index (χ1n) is 7.70. The highest BCUT2D eigenvalue weighted by Gasteiger charge is 2.23. The third-order valence-corrected chi connectivity index (χ3v) is 5.01. The van der Waals surface area contributed by atoms with Gasteiger partial charge in [-0.3, -0.25) is 4.79 Å². The molecule has 0 saturated carbocycles. The van der Waals surface area contributed by atoms with E-state index in [4.69, 9.17) is 5.73 Å². The van der Waals surface area contributed by atoms with Gasteiger partial charge in [0, 0.05) is 11.5 Å². The number of nitrogens with two attached hydrogens (primary N) is 1. The van der Waals surface area contributed by atoms with E-state index in [2.05, 4.69) is 36.3 Å². The lowest BCUT2D eigenvalue weighted by atomic mass is 9.95. The molecule has 1 amide bonds. The van der Waals surface area contributed by atoms with Gasteiger partial charge in [-0.05, 0) is 5.56 Å². The van der Waals surface area contributed by atoms with Crippen molar-refractivity contribution in [2.75, 3.05) is 0 Å². The molecule has 124 valence electrons. The van der Waals surface area contributed by atoms with Crippen LogP contribution in [0.2, 0.25) is 0 Å². The Morgan fingerprint density at radius 2 is 1.91 bits per heavy atom. The number of carbonyl (C=O) groups excluding carboxylic acids is 1. The number of hydrogen-bond acceptors (Lipinski definition) is 5. The number of benzene rings is 1. The van der Waals surface area contributed by atoms with Crippen molar-refractivity contribution in [3.8, 4) is 0 Å². The van der Waals surface area contributed by atoms with Crippen LogP contribution in [0.5, 0.6) is 0 Å². The van der Waals surface area contributed by atoms with Crippen LogP contribution in [-0.4, -0.2) is 16.1 Å². The highest BCUT2D eigenvalue weighted by atomic mass is 32.1. The summed E-state index contributed by atoms with van der Waals surface area (Å²) in [6, 6.07) is 9.34. The van der Waals surface area contributed by atoms with Crippen molar-refractivity contribution in [3.05, 3.63) is 45.9 Å². The maximum absolute atomic E-state index is 12.3. The molecule has 2 rings (SSSR count). The molecular formula is C17H24N4OS. The highest BCUT2D eigenvalue weighted by molar-refractivity contribution is 7.11. The van der Waals surface area contributed by atoms with Gasteiger partial charge >= 0.3 is 0 Å². The zero-order valence-corrected chi connectivity index (χ0v) is 14.9. The number of aromatic nitrogens is 2. The standard InChI is InChI=1S/C17H24N4OS/c1-11(14(18)12-8-6-5-7-9-12)15(22)19-10-13-20-21-16(23-13)17(2,3)4/h5-9,11,14H,10,18H2,1-4H3,(H,19,22). The van der Waals surface area contributed by atoms with Gasteiger partial charge in [-0.1, -0.05) is 69.4 Å². The van der Waals surface area contributed by atoms with E-state index in [1.807, 2.05) is 37.3 Å².